The van der Waals surface area contributed by atoms with Crippen molar-refractivity contribution < 1.29 is 18.3 Å². The van der Waals surface area contributed by atoms with E-state index in [9.17, 15) is 28.6 Å². The molecule has 0 bridgehead atoms. The van der Waals surface area contributed by atoms with Crippen molar-refractivity contribution >= 4 is 32.6 Å². The maximum absolute atomic E-state index is 13.6. The number of nitrogens with zero attached hydrogens (tertiary/aromatic N) is 4. The first kappa shape index (κ1) is 26.5. The molecule has 0 unspecified atom stereocenters. The van der Waals surface area contributed by atoms with E-state index >= 15 is 0 Å². The van der Waals surface area contributed by atoms with Crippen LogP contribution < -0.4 is 9.80 Å². The van der Waals surface area contributed by atoms with Crippen LogP contribution in [0.15, 0.2) is 94.7 Å². The lowest BCUT2D eigenvalue weighted by molar-refractivity contribution is -0.384. The summed E-state index contributed by atoms with van der Waals surface area (Å²) < 4.78 is 27.2. The van der Waals surface area contributed by atoms with Gasteiger partial charge in [-0.25, -0.2) is 8.42 Å². The number of fused-ring (bicyclic) bond motifs is 2. The molecule has 0 saturated carbocycles. The van der Waals surface area contributed by atoms with Crippen LogP contribution in [0, 0.1) is 20.2 Å². The van der Waals surface area contributed by atoms with Gasteiger partial charge in [0.05, 0.1) is 19.6 Å². The van der Waals surface area contributed by atoms with Crippen molar-refractivity contribution in [1.29, 1.82) is 0 Å². The van der Waals surface area contributed by atoms with Crippen LogP contribution in [-0.4, -0.2) is 31.4 Å². The minimum absolute atomic E-state index is 0.292. The second-order valence-corrected chi connectivity index (χ2v) is 12.1. The molecule has 0 aromatic heterocycles. The van der Waals surface area contributed by atoms with Gasteiger partial charge < -0.3 is 9.80 Å². The summed E-state index contributed by atoms with van der Waals surface area (Å²) in [6.45, 7) is 2.05. The van der Waals surface area contributed by atoms with Crippen molar-refractivity contribution in [2.75, 3.05) is 22.9 Å². The zero-order valence-electron chi connectivity index (χ0n) is 22.0. The van der Waals surface area contributed by atoms with Crippen LogP contribution in [0.5, 0.6) is 0 Å². The van der Waals surface area contributed by atoms with Gasteiger partial charge in [0, 0.05) is 38.3 Å². The first-order valence-corrected chi connectivity index (χ1v) is 14.7. The third kappa shape index (κ3) is 4.89. The minimum atomic E-state index is -4.29. The maximum atomic E-state index is 13.6. The van der Waals surface area contributed by atoms with Crippen LogP contribution >= 0.6 is 0 Å². The number of nitro benzene ring substituents is 2. The van der Waals surface area contributed by atoms with Crippen LogP contribution in [0.25, 0.3) is 0 Å². The van der Waals surface area contributed by atoms with Gasteiger partial charge in [0.25, 0.3) is 11.4 Å². The fraction of sp³-hybridized carbons (Fsp3) is 0.200. The number of hydrogen-bond acceptors (Lipinski definition) is 8. The molecule has 2 aliphatic rings. The Morgan fingerprint density at radius 1 is 0.585 bits per heavy atom. The average molecular weight is 571 g/mol. The van der Waals surface area contributed by atoms with Crippen molar-refractivity contribution in [1.82, 2.24) is 0 Å². The van der Waals surface area contributed by atoms with E-state index in [0.29, 0.717) is 50.4 Å². The Morgan fingerprint density at radius 3 is 1.37 bits per heavy atom. The quantitative estimate of drug-likeness (QED) is 0.221. The summed E-state index contributed by atoms with van der Waals surface area (Å²) in [5, 5.41) is 24.1. The number of rotatable bonds is 6. The smallest absolute Gasteiger partial charge is 0.293 e. The van der Waals surface area contributed by atoms with E-state index in [0.717, 1.165) is 23.3 Å². The number of nitro groups is 2. The van der Waals surface area contributed by atoms with Gasteiger partial charge in [-0.15, -0.1) is 0 Å². The van der Waals surface area contributed by atoms with Gasteiger partial charge in [-0.3, -0.25) is 20.2 Å². The fourth-order valence-electron chi connectivity index (χ4n) is 5.71. The van der Waals surface area contributed by atoms with E-state index in [1.807, 2.05) is 58.3 Å². The number of anilines is 2. The monoisotopic (exact) mass is 570 g/mol. The Labute approximate surface area is 236 Å². The normalized spacial score (nSPS) is 14.7. The topological polar surface area (TPSA) is 127 Å². The molecule has 4 aromatic rings. The summed E-state index contributed by atoms with van der Waals surface area (Å²) >= 11 is 0. The number of hydrogen-bond donors (Lipinski definition) is 0. The summed E-state index contributed by atoms with van der Waals surface area (Å²) in [7, 11) is -4.29. The van der Waals surface area contributed by atoms with Gasteiger partial charge in [-0.2, -0.15) is 0 Å². The highest BCUT2D eigenvalue weighted by molar-refractivity contribution is 7.91. The lowest BCUT2D eigenvalue weighted by Gasteiger charge is -2.30. The summed E-state index contributed by atoms with van der Waals surface area (Å²) in [6, 6.07) is 23.4. The fourth-order valence-corrected chi connectivity index (χ4v) is 7.01. The Bertz CT molecular complexity index is 1680. The van der Waals surface area contributed by atoms with Crippen molar-refractivity contribution in [3.8, 4) is 0 Å². The zero-order valence-corrected chi connectivity index (χ0v) is 22.8. The molecule has 0 N–H and O–H groups in total. The van der Waals surface area contributed by atoms with E-state index < -0.39 is 19.7 Å². The Kier molecular flexibility index (Phi) is 6.66. The first-order chi connectivity index (χ1) is 19.7. The first-order valence-electron chi connectivity index (χ1n) is 13.2. The largest absolute Gasteiger partial charge is 0.361 e. The molecule has 0 spiro atoms. The second-order valence-electron chi connectivity index (χ2n) is 10.2. The van der Waals surface area contributed by atoms with Crippen LogP contribution in [0.4, 0.5) is 22.7 Å². The van der Waals surface area contributed by atoms with E-state index in [2.05, 4.69) is 0 Å². The summed E-state index contributed by atoms with van der Waals surface area (Å²) in [4.78, 5) is 26.1. The Balaban J connectivity index is 1.33. The van der Waals surface area contributed by atoms with Gasteiger partial charge in [0.1, 0.15) is 11.4 Å². The van der Waals surface area contributed by atoms with Crippen molar-refractivity contribution in [2.24, 2.45) is 0 Å². The molecule has 4 aromatic carbocycles. The van der Waals surface area contributed by atoms with Gasteiger partial charge in [-0.05, 0) is 59.4 Å². The molecule has 41 heavy (non-hydrogen) atoms. The van der Waals surface area contributed by atoms with E-state index in [1.54, 1.807) is 0 Å². The molecule has 0 aliphatic carbocycles. The highest BCUT2D eigenvalue weighted by Gasteiger charge is 2.30. The molecular weight excluding hydrogens is 544 g/mol. The molecule has 2 aliphatic heterocycles. The third-order valence-corrected chi connectivity index (χ3v) is 9.60. The van der Waals surface area contributed by atoms with Crippen LogP contribution in [0.1, 0.15) is 22.3 Å². The lowest BCUT2D eigenvalue weighted by atomic mass is 9.99. The average Bonchev–Trinajstić information content (AvgIpc) is 2.99. The zero-order chi connectivity index (χ0) is 28.7. The summed E-state index contributed by atoms with van der Waals surface area (Å²) in [5.41, 5.74) is 4.50. The molecule has 0 radical (unpaired) electrons. The highest BCUT2D eigenvalue weighted by atomic mass is 32.2. The van der Waals surface area contributed by atoms with Crippen molar-refractivity contribution in [2.45, 2.75) is 35.7 Å². The standard InChI is InChI=1S/C30H26N4O6S/c35-33(36)29-17-25(9-11-27(29)31-15-13-21-5-1-3-7-23(21)19-31)41(39,40)26-10-12-28(30(18-26)34(37)38)32-16-14-22-6-2-4-8-24(22)20-32/h1-12,17-18H,13-16,19-20H2. The molecule has 10 nitrogen and oxygen atoms in total. The van der Waals surface area contributed by atoms with Crippen molar-refractivity contribution in [3.63, 3.8) is 0 Å². The van der Waals surface area contributed by atoms with E-state index in [1.165, 1.54) is 35.4 Å². The Hall–Kier alpha value is -4.77. The highest BCUT2D eigenvalue weighted by Crippen LogP contribution is 2.38. The molecule has 11 heteroatoms. The Morgan fingerprint density at radius 2 is 0.976 bits per heavy atom. The molecule has 2 heterocycles. The molecule has 0 fully saturated rings. The molecule has 208 valence electrons. The second kappa shape index (κ2) is 10.3. The molecule has 6 rings (SSSR count). The van der Waals surface area contributed by atoms with Crippen LogP contribution in [-0.2, 0) is 35.8 Å². The molecule has 0 amide bonds. The number of benzene rings is 4. The predicted octanol–water partition coefficient (Wildman–Crippen LogP) is 5.46. The third-order valence-electron chi connectivity index (χ3n) is 7.85. The summed E-state index contributed by atoms with van der Waals surface area (Å²) in [6.07, 6.45) is 1.43. The van der Waals surface area contributed by atoms with E-state index in [-0.39, 0.29) is 21.2 Å². The predicted molar refractivity (Wildman–Crippen MR) is 154 cm³/mol. The van der Waals surface area contributed by atoms with Gasteiger partial charge in [-0.1, -0.05) is 48.5 Å². The lowest BCUT2D eigenvalue weighted by Crippen LogP contribution is -2.31. The molecule has 0 saturated heterocycles. The molecular formula is C30H26N4O6S. The van der Waals surface area contributed by atoms with Crippen LogP contribution in [0.2, 0.25) is 0 Å². The SMILES string of the molecule is O=[N+]([O-])c1cc(S(=O)(=O)c2ccc(N3CCc4ccccc4C3)c([N+](=O)[O-])c2)ccc1N1CCc2ccccc2C1. The maximum Gasteiger partial charge on any atom is 0.293 e. The van der Waals surface area contributed by atoms with Crippen LogP contribution in [0.3, 0.4) is 0 Å². The van der Waals surface area contributed by atoms with E-state index in [4.69, 9.17) is 0 Å². The summed E-state index contributed by atoms with van der Waals surface area (Å²) in [5.74, 6) is 0. The van der Waals surface area contributed by atoms with Gasteiger partial charge >= 0.3 is 0 Å². The van der Waals surface area contributed by atoms with Gasteiger partial charge in [0.2, 0.25) is 9.84 Å². The molecule has 0 atom stereocenters. The minimum Gasteiger partial charge on any atom is -0.361 e. The van der Waals surface area contributed by atoms with Crippen molar-refractivity contribution in [3.05, 3.63) is 127 Å². The number of sulfone groups is 1. The van der Waals surface area contributed by atoms with Gasteiger partial charge in [0.15, 0.2) is 0 Å².